The van der Waals surface area contributed by atoms with Crippen molar-refractivity contribution < 1.29 is 18.8 Å². The Morgan fingerprint density at radius 2 is 1.68 bits per heavy atom. The first-order valence-corrected chi connectivity index (χ1v) is 10.4. The molecule has 0 spiro atoms. The molecule has 2 aromatic rings. The van der Waals surface area contributed by atoms with Crippen molar-refractivity contribution in [2.24, 2.45) is 0 Å². The van der Waals surface area contributed by atoms with Gasteiger partial charge in [-0.1, -0.05) is 31.2 Å². The maximum atomic E-state index is 13.0. The molecule has 164 valence electrons. The molecule has 2 aromatic carbocycles. The predicted molar refractivity (Wildman–Crippen MR) is 116 cm³/mol. The van der Waals surface area contributed by atoms with Crippen LogP contribution in [0.3, 0.4) is 0 Å². The second-order valence-electron chi connectivity index (χ2n) is 7.55. The highest BCUT2D eigenvalue weighted by molar-refractivity contribution is 6.04. The van der Waals surface area contributed by atoms with Gasteiger partial charge in [-0.25, -0.2) is 4.39 Å². The van der Waals surface area contributed by atoms with Gasteiger partial charge < -0.3 is 16.0 Å². The second-order valence-corrected chi connectivity index (χ2v) is 7.55. The van der Waals surface area contributed by atoms with E-state index in [0.29, 0.717) is 17.8 Å². The zero-order chi connectivity index (χ0) is 22.2. The minimum atomic E-state index is -0.329. The van der Waals surface area contributed by atoms with Crippen molar-refractivity contribution in [3.63, 3.8) is 0 Å². The Morgan fingerprint density at radius 1 is 1.00 bits per heavy atom. The molecule has 1 fully saturated rings. The van der Waals surface area contributed by atoms with Crippen LogP contribution in [0, 0.1) is 5.82 Å². The molecule has 1 aliphatic rings. The highest BCUT2D eigenvalue weighted by atomic mass is 19.1. The molecular weight excluding hydrogens is 399 g/mol. The van der Waals surface area contributed by atoms with Gasteiger partial charge in [-0.05, 0) is 49.2 Å². The normalized spacial score (nSPS) is 13.0. The first kappa shape index (κ1) is 22.4. The van der Waals surface area contributed by atoms with Gasteiger partial charge in [0.05, 0.1) is 24.3 Å². The van der Waals surface area contributed by atoms with Crippen LogP contribution in [0.1, 0.15) is 35.7 Å². The number of likely N-dealkylation sites (N-methyl/N-ethyl adjacent to an activating group) is 1. The number of amides is 3. The standard InChI is InChI=1S/C23H27FN4O3/c1-2-28(14-21(29)25-13-16-7-9-17(24)10-8-16)15-22(30)27-20-6-4-3-5-19(20)23(31)26-18-11-12-18/h3-10,18H,2,11-15H2,1H3,(H,25,29)(H,26,31)(H,27,30). The van der Waals surface area contributed by atoms with Crippen molar-refractivity contribution in [2.75, 3.05) is 25.0 Å². The number of nitrogens with one attached hydrogen (secondary N) is 3. The van der Waals surface area contributed by atoms with Gasteiger partial charge in [-0.15, -0.1) is 0 Å². The predicted octanol–water partition coefficient (Wildman–Crippen LogP) is 2.29. The molecule has 8 heteroatoms. The number of hydrogen-bond donors (Lipinski definition) is 3. The molecule has 0 aromatic heterocycles. The summed E-state index contributed by atoms with van der Waals surface area (Å²) in [6.07, 6.45) is 1.96. The van der Waals surface area contributed by atoms with Crippen molar-refractivity contribution >= 4 is 23.4 Å². The zero-order valence-electron chi connectivity index (χ0n) is 17.5. The fourth-order valence-corrected chi connectivity index (χ4v) is 3.02. The van der Waals surface area contributed by atoms with E-state index >= 15 is 0 Å². The minimum absolute atomic E-state index is 0.0129. The molecule has 0 atom stereocenters. The summed E-state index contributed by atoms with van der Waals surface area (Å²) in [5.74, 6) is -1.07. The summed E-state index contributed by atoms with van der Waals surface area (Å²) in [4.78, 5) is 38.8. The molecule has 0 aliphatic heterocycles. The van der Waals surface area contributed by atoms with Crippen LogP contribution in [-0.2, 0) is 16.1 Å². The number of halogens is 1. The van der Waals surface area contributed by atoms with E-state index in [-0.39, 0.29) is 49.2 Å². The van der Waals surface area contributed by atoms with E-state index in [1.54, 1.807) is 41.3 Å². The molecule has 31 heavy (non-hydrogen) atoms. The van der Waals surface area contributed by atoms with Crippen molar-refractivity contribution in [3.05, 3.63) is 65.5 Å². The Morgan fingerprint density at radius 3 is 2.35 bits per heavy atom. The zero-order valence-corrected chi connectivity index (χ0v) is 17.5. The minimum Gasteiger partial charge on any atom is -0.351 e. The van der Waals surface area contributed by atoms with Gasteiger partial charge in [-0.2, -0.15) is 0 Å². The molecule has 0 saturated heterocycles. The van der Waals surface area contributed by atoms with Crippen molar-refractivity contribution in [3.8, 4) is 0 Å². The van der Waals surface area contributed by atoms with Crippen molar-refractivity contribution in [2.45, 2.75) is 32.4 Å². The van der Waals surface area contributed by atoms with Crippen LogP contribution in [0.2, 0.25) is 0 Å². The lowest BCUT2D eigenvalue weighted by atomic mass is 10.1. The van der Waals surface area contributed by atoms with Crippen LogP contribution in [0.4, 0.5) is 10.1 Å². The third-order valence-electron chi connectivity index (χ3n) is 4.94. The summed E-state index contributed by atoms with van der Waals surface area (Å²) in [5, 5.41) is 8.46. The number of anilines is 1. The molecule has 1 saturated carbocycles. The third kappa shape index (κ3) is 7.18. The van der Waals surface area contributed by atoms with Crippen LogP contribution in [0.25, 0.3) is 0 Å². The molecule has 7 nitrogen and oxygen atoms in total. The smallest absolute Gasteiger partial charge is 0.253 e. The number of rotatable bonds is 10. The largest absolute Gasteiger partial charge is 0.351 e. The lowest BCUT2D eigenvalue weighted by Gasteiger charge is -2.20. The van der Waals surface area contributed by atoms with Gasteiger partial charge in [0.2, 0.25) is 11.8 Å². The lowest BCUT2D eigenvalue weighted by Crippen LogP contribution is -2.41. The topological polar surface area (TPSA) is 90.5 Å². The van der Waals surface area contributed by atoms with Crippen molar-refractivity contribution in [1.29, 1.82) is 0 Å². The molecular formula is C23H27FN4O3. The summed E-state index contributed by atoms with van der Waals surface area (Å²) >= 11 is 0. The molecule has 0 bridgehead atoms. The summed E-state index contributed by atoms with van der Waals surface area (Å²) in [7, 11) is 0. The molecule has 0 heterocycles. The van der Waals surface area contributed by atoms with Crippen molar-refractivity contribution in [1.82, 2.24) is 15.5 Å². The average molecular weight is 426 g/mol. The maximum absolute atomic E-state index is 13.0. The Hall–Kier alpha value is -3.26. The third-order valence-corrected chi connectivity index (χ3v) is 4.94. The first-order chi connectivity index (χ1) is 14.9. The van der Waals surface area contributed by atoms with Gasteiger partial charge in [-0.3, -0.25) is 19.3 Å². The van der Waals surface area contributed by atoms with Crippen LogP contribution in [0.15, 0.2) is 48.5 Å². The number of para-hydroxylation sites is 1. The summed E-state index contributed by atoms with van der Waals surface area (Å²) < 4.78 is 13.0. The van der Waals surface area contributed by atoms with Gasteiger partial charge in [0.1, 0.15) is 5.82 Å². The van der Waals surface area contributed by atoms with Gasteiger partial charge in [0.25, 0.3) is 5.91 Å². The highest BCUT2D eigenvalue weighted by Crippen LogP contribution is 2.21. The SMILES string of the molecule is CCN(CC(=O)NCc1ccc(F)cc1)CC(=O)Nc1ccccc1C(=O)NC1CC1. The molecule has 3 N–H and O–H groups in total. The van der Waals surface area contributed by atoms with E-state index in [1.807, 2.05) is 6.92 Å². The maximum Gasteiger partial charge on any atom is 0.253 e. The highest BCUT2D eigenvalue weighted by Gasteiger charge is 2.25. The van der Waals surface area contributed by atoms with E-state index in [9.17, 15) is 18.8 Å². The van der Waals surface area contributed by atoms with E-state index in [1.165, 1.54) is 12.1 Å². The van der Waals surface area contributed by atoms with E-state index < -0.39 is 0 Å². The van der Waals surface area contributed by atoms with Gasteiger partial charge in [0, 0.05) is 12.6 Å². The van der Waals surface area contributed by atoms with Crippen LogP contribution in [-0.4, -0.2) is 48.3 Å². The summed E-state index contributed by atoms with van der Waals surface area (Å²) in [6.45, 7) is 2.71. The molecule has 1 aliphatic carbocycles. The van der Waals surface area contributed by atoms with Crippen LogP contribution >= 0.6 is 0 Å². The summed E-state index contributed by atoms with van der Waals surface area (Å²) in [6, 6.07) is 13.0. The van der Waals surface area contributed by atoms with E-state index in [4.69, 9.17) is 0 Å². The fraction of sp³-hybridized carbons (Fsp3) is 0.348. The van der Waals surface area contributed by atoms with Gasteiger partial charge in [0.15, 0.2) is 0 Å². The quantitative estimate of drug-likeness (QED) is 0.544. The monoisotopic (exact) mass is 426 g/mol. The number of benzene rings is 2. The summed E-state index contributed by atoms with van der Waals surface area (Å²) in [5.41, 5.74) is 1.65. The van der Waals surface area contributed by atoms with Crippen LogP contribution in [0.5, 0.6) is 0 Å². The second kappa shape index (κ2) is 10.7. The van der Waals surface area contributed by atoms with E-state index in [0.717, 1.165) is 18.4 Å². The van der Waals surface area contributed by atoms with Gasteiger partial charge >= 0.3 is 0 Å². The number of carbonyl (C=O) groups is 3. The molecule has 3 amide bonds. The average Bonchev–Trinajstić information content (AvgIpc) is 3.57. The Labute approximate surface area is 181 Å². The number of nitrogens with zero attached hydrogens (tertiary/aromatic N) is 1. The van der Waals surface area contributed by atoms with E-state index in [2.05, 4.69) is 16.0 Å². The fourth-order valence-electron chi connectivity index (χ4n) is 3.02. The first-order valence-electron chi connectivity index (χ1n) is 10.4. The Bertz CT molecular complexity index is 929. The molecule has 3 rings (SSSR count). The Balaban J connectivity index is 1.49. The molecule has 0 radical (unpaired) electrons. The molecule has 0 unspecified atom stereocenters. The number of carbonyl (C=O) groups excluding carboxylic acids is 3. The lowest BCUT2D eigenvalue weighted by molar-refractivity contribution is -0.123. The Kier molecular flexibility index (Phi) is 7.72. The van der Waals surface area contributed by atoms with Crippen LogP contribution < -0.4 is 16.0 Å². The number of hydrogen-bond acceptors (Lipinski definition) is 4.